The summed E-state index contributed by atoms with van der Waals surface area (Å²) in [5.41, 5.74) is 1.39. The topological polar surface area (TPSA) is 88.5 Å². The number of benzene rings is 1. The molecule has 3 aromatic rings. The normalized spacial score (nSPS) is 12.0. The van der Waals surface area contributed by atoms with Crippen LogP contribution in [-0.4, -0.2) is 30.9 Å². The highest BCUT2D eigenvalue weighted by Gasteiger charge is 2.15. The Morgan fingerprint density at radius 2 is 2.14 bits per heavy atom. The molecule has 7 heteroatoms. The first-order valence-electron chi connectivity index (χ1n) is 6.50. The number of carbonyl (C=O) groups is 1. The second-order valence-corrected chi connectivity index (χ2v) is 4.57. The Bertz CT molecular complexity index is 719. The van der Waals surface area contributed by atoms with Crippen LogP contribution in [0.5, 0.6) is 0 Å². The van der Waals surface area contributed by atoms with E-state index in [1.807, 2.05) is 37.3 Å². The van der Waals surface area contributed by atoms with E-state index >= 15 is 0 Å². The fourth-order valence-electron chi connectivity index (χ4n) is 1.93. The molecule has 0 spiro atoms. The Labute approximate surface area is 121 Å². The molecule has 0 radical (unpaired) electrons. The summed E-state index contributed by atoms with van der Waals surface area (Å²) < 4.78 is 1.66. The third-order valence-corrected chi connectivity index (χ3v) is 3.06. The lowest BCUT2D eigenvalue weighted by Crippen LogP contribution is -2.27. The van der Waals surface area contributed by atoms with Gasteiger partial charge in [-0.05, 0) is 19.1 Å². The highest BCUT2D eigenvalue weighted by molar-refractivity contribution is 5.93. The Morgan fingerprint density at radius 3 is 2.86 bits per heavy atom. The molecular formula is C14H14N6O. The number of H-pyrrole nitrogens is 1. The van der Waals surface area contributed by atoms with Crippen LogP contribution < -0.4 is 5.32 Å². The van der Waals surface area contributed by atoms with E-state index in [4.69, 9.17) is 0 Å². The maximum Gasteiger partial charge on any atom is 0.255 e. The van der Waals surface area contributed by atoms with Crippen LogP contribution in [0.3, 0.4) is 0 Å². The summed E-state index contributed by atoms with van der Waals surface area (Å²) in [6, 6.07) is 9.36. The Balaban J connectivity index is 1.73. The van der Waals surface area contributed by atoms with Gasteiger partial charge in [-0.2, -0.15) is 10.2 Å². The molecule has 2 aromatic heterocycles. The summed E-state index contributed by atoms with van der Waals surface area (Å²) in [7, 11) is 0. The smallest absolute Gasteiger partial charge is 0.255 e. The van der Waals surface area contributed by atoms with Crippen LogP contribution in [0.2, 0.25) is 0 Å². The van der Waals surface area contributed by atoms with Gasteiger partial charge in [0.05, 0.1) is 23.5 Å². The molecular weight excluding hydrogens is 268 g/mol. The molecule has 0 saturated heterocycles. The molecule has 3 rings (SSSR count). The van der Waals surface area contributed by atoms with Gasteiger partial charge in [0.25, 0.3) is 5.91 Å². The molecule has 0 fully saturated rings. The van der Waals surface area contributed by atoms with E-state index in [-0.39, 0.29) is 11.9 Å². The SMILES string of the molecule is CC(NC(=O)c1cnn(-c2ccccc2)c1)c1ncn[nH]1. The number of hydrogen-bond acceptors (Lipinski definition) is 4. The number of amides is 1. The first-order chi connectivity index (χ1) is 10.2. The lowest BCUT2D eigenvalue weighted by atomic mass is 10.2. The van der Waals surface area contributed by atoms with Crippen molar-refractivity contribution in [3.8, 4) is 5.69 Å². The van der Waals surface area contributed by atoms with Crippen LogP contribution in [0, 0.1) is 0 Å². The van der Waals surface area contributed by atoms with Crippen molar-refractivity contribution in [3.05, 3.63) is 60.4 Å². The van der Waals surface area contributed by atoms with E-state index in [1.54, 1.807) is 10.9 Å². The number of carbonyl (C=O) groups excluding carboxylic acids is 1. The summed E-state index contributed by atoms with van der Waals surface area (Å²) in [6.45, 7) is 1.83. The highest BCUT2D eigenvalue weighted by Crippen LogP contribution is 2.10. The van der Waals surface area contributed by atoms with E-state index in [2.05, 4.69) is 25.6 Å². The van der Waals surface area contributed by atoms with Gasteiger partial charge in [-0.25, -0.2) is 9.67 Å². The van der Waals surface area contributed by atoms with E-state index in [0.717, 1.165) is 5.69 Å². The fraction of sp³-hybridized carbons (Fsp3) is 0.143. The second-order valence-electron chi connectivity index (χ2n) is 4.57. The third-order valence-electron chi connectivity index (χ3n) is 3.06. The standard InChI is InChI=1S/C14H14N6O/c1-10(13-15-9-16-19-13)18-14(21)11-7-17-20(8-11)12-5-3-2-4-6-12/h2-10H,1H3,(H,18,21)(H,15,16,19). The minimum atomic E-state index is -0.250. The summed E-state index contributed by atoms with van der Waals surface area (Å²) in [6.07, 6.45) is 4.64. The van der Waals surface area contributed by atoms with Gasteiger partial charge in [-0.15, -0.1) is 0 Å². The van der Waals surface area contributed by atoms with E-state index in [0.29, 0.717) is 11.4 Å². The highest BCUT2D eigenvalue weighted by atomic mass is 16.1. The van der Waals surface area contributed by atoms with Crippen molar-refractivity contribution in [1.82, 2.24) is 30.3 Å². The summed E-state index contributed by atoms with van der Waals surface area (Å²) in [4.78, 5) is 16.2. The average molecular weight is 282 g/mol. The monoisotopic (exact) mass is 282 g/mol. The van der Waals surface area contributed by atoms with Gasteiger partial charge in [0, 0.05) is 6.20 Å². The molecule has 0 aliphatic heterocycles. The number of para-hydroxylation sites is 1. The Kier molecular flexibility index (Phi) is 3.46. The van der Waals surface area contributed by atoms with Gasteiger partial charge >= 0.3 is 0 Å². The van der Waals surface area contributed by atoms with Crippen molar-refractivity contribution in [2.45, 2.75) is 13.0 Å². The van der Waals surface area contributed by atoms with Gasteiger partial charge in [0.1, 0.15) is 12.2 Å². The molecule has 1 unspecified atom stereocenters. The summed E-state index contributed by atoms with van der Waals surface area (Å²) in [5, 5.41) is 13.5. The predicted molar refractivity (Wildman–Crippen MR) is 75.8 cm³/mol. The lowest BCUT2D eigenvalue weighted by molar-refractivity contribution is 0.0938. The van der Waals surface area contributed by atoms with Gasteiger partial charge < -0.3 is 5.32 Å². The molecule has 2 heterocycles. The minimum Gasteiger partial charge on any atom is -0.342 e. The molecule has 2 N–H and O–H groups in total. The quantitative estimate of drug-likeness (QED) is 0.758. The molecule has 1 amide bonds. The fourth-order valence-corrected chi connectivity index (χ4v) is 1.93. The number of nitrogens with zero attached hydrogens (tertiary/aromatic N) is 4. The summed E-state index contributed by atoms with van der Waals surface area (Å²) in [5.74, 6) is 0.403. The third kappa shape index (κ3) is 2.81. The number of rotatable bonds is 4. The molecule has 7 nitrogen and oxygen atoms in total. The molecule has 1 aromatic carbocycles. The van der Waals surface area contributed by atoms with Gasteiger partial charge in [-0.1, -0.05) is 18.2 Å². The van der Waals surface area contributed by atoms with Crippen LogP contribution >= 0.6 is 0 Å². The van der Waals surface area contributed by atoms with Crippen molar-refractivity contribution >= 4 is 5.91 Å². The van der Waals surface area contributed by atoms with Gasteiger partial charge in [0.15, 0.2) is 0 Å². The van der Waals surface area contributed by atoms with Crippen molar-refractivity contribution < 1.29 is 4.79 Å². The Hall–Kier alpha value is -2.96. The van der Waals surface area contributed by atoms with Gasteiger partial charge in [-0.3, -0.25) is 9.89 Å². The molecule has 1 atom stereocenters. The molecule has 0 aliphatic rings. The van der Waals surface area contributed by atoms with E-state index in [1.165, 1.54) is 12.5 Å². The van der Waals surface area contributed by atoms with Crippen LogP contribution in [-0.2, 0) is 0 Å². The van der Waals surface area contributed by atoms with Crippen molar-refractivity contribution in [3.63, 3.8) is 0 Å². The predicted octanol–water partition coefficient (Wildman–Crippen LogP) is 1.48. The summed E-state index contributed by atoms with van der Waals surface area (Å²) >= 11 is 0. The first-order valence-corrected chi connectivity index (χ1v) is 6.50. The average Bonchev–Trinajstić information content (AvgIpc) is 3.20. The maximum atomic E-state index is 12.2. The second kappa shape index (κ2) is 5.58. The molecule has 0 bridgehead atoms. The number of aromatic amines is 1. The lowest BCUT2D eigenvalue weighted by Gasteiger charge is -2.09. The van der Waals surface area contributed by atoms with Crippen molar-refractivity contribution in [2.24, 2.45) is 0 Å². The van der Waals surface area contributed by atoms with Crippen LogP contribution in [0.1, 0.15) is 29.1 Å². The minimum absolute atomic E-state index is 0.207. The Morgan fingerprint density at radius 1 is 1.33 bits per heavy atom. The zero-order valence-electron chi connectivity index (χ0n) is 11.4. The van der Waals surface area contributed by atoms with Gasteiger partial charge in [0.2, 0.25) is 0 Å². The number of aromatic nitrogens is 5. The van der Waals surface area contributed by atoms with Crippen LogP contribution in [0.15, 0.2) is 49.1 Å². The first kappa shape index (κ1) is 13.0. The van der Waals surface area contributed by atoms with Crippen molar-refractivity contribution in [1.29, 1.82) is 0 Å². The molecule has 106 valence electrons. The zero-order valence-corrected chi connectivity index (χ0v) is 11.4. The maximum absolute atomic E-state index is 12.2. The number of hydrogen-bond donors (Lipinski definition) is 2. The van der Waals surface area contributed by atoms with E-state index < -0.39 is 0 Å². The largest absolute Gasteiger partial charge is 0.342 e. The number of nitrogens with one attached hydrogen (secondary N) is 2. The van der Waals surface area contributed by atoms with Crippen molar-refractivity contribution in [2.75, 3.05) is 0 Å². The van der Waals surface area contributed by atoms with Crippen LogP contribution in [0.25, 0.3) is 5.69 Å². The molecule has 21 heavy (non-hydrogen) atoms. The van der Waals surface area contributed by atoms with E-state index in [9.17, 15) is 4.79 Å². The zero-order chi connectivity index (χ0) is 14.7. The van der Waals surface area contributed by atoms with Crippen LogP contribution in [0.4, 0.5) is 0 Å². The molecule has 0 saturated carbocycles. The molecule has 0 aliphatic carbocycles.